The number of hydrogen-bond acceptors (Lipinski definition) is 8. The van der Waals surface area contributed by atoms with Gasteiger partial charge in [0.2, 0.25) is 11.8 Å². The Kier molecular flexibility index (Phi) is 6.32. The first-order valence-corrected chi connectivity index (χ1v) is 10.7. The average Bonchev–Trinajstić information content (AvgIpc) is 3.45. The van der Waals surface area contributed by atoms with E-state index in [1.807, 2.05) is 0 Å². The number of benzene rings is 2. The number of aliphatic imine (C=N–C) groups is 1. The number of amides is 1. The molecule has 1 amide bonds. The van der Waals surface area contributed by atoms with Gasteiger partial charge in [-0.2, -0.15) is 0 Å². The molecule has 8 nitrogen and oxygen atoms in total. The highest BCUT2D eigenvalue weighted by atomic mass is 32.1. The standard InChI is InChI=1S/C24H18N2O6S/c1-14(27)25-17-8-6-16(7-9-17)22-26-18(23(28)32-22)12-15-5-10-19(30-2)20(13-15)31-24(29)21-4-3-11-33-21/h3-13H,1-2H3,(H,25,27)/b18-12+. The van der Waals surface area contributed by atoms with Gasteiger partial charge in [-0.3, -0.25) is 4.79 Å². The Morgan fingerprint density at radius 3 is 2.55 bits per heavy atom. The van der Waals surface area contributed by atoms with Gasteiger partial charge in [0.1, 0.15) is 4.88 Å². The molecule has 4 rings (SSSR count). The molecule has 166 valence electrons. The number of anilines is 1. The van der Waals surface area contributed by atoms with Crippen molar-refractivity contribution in [2.75, 3.05) is 12.4 Å². The van der Waals surface area contributed by atoms with E-state index >= 15 is 0 Å². The molecule has 0 aliphatic carbocycles. The maximum absolute atomic E-state index is 12.3. The largest absolute Gasteiger partial charge is 0.493 e. The lowest BCUT2D eigenvalue weighted by molar-refractivity contribution is -0.129. The minimum absolute atomic E-state index is 0.0941. The summed E-state index contributed by atoms with van der Waals surface area (Å²) < 4.78 is 16.0. The van der Waals surface area contributed by atoms with Crippen LogP contribution in [0.25, 0.3) is 6.08 Å². The maximum Gasteiger partial charge on any atom is 0.363 e. The first kappa shape index (κ1) is 22.0. The third kappa shape index (κ3) is 5.16. The fraction of sp³-hybridized carbons (Fsp3) is 0.0833. The second-order valence-electron chi connectivity index (χ2n) is 6.87. The van der Waals surface area contributed by atoms with E-state index in [9.17, 15) is 14.4 Å². The van der Waals surface area contributed by atoms with Crippen LogP contribution >= 0.6 is 11.3 Å². The predicted octanol–water partition coefficient (Wildman–Crippen LogP) is 4.28. The molecule has 0 atom stereocenters. The number of methoxy groups -OCH3 is 1. The lowest BCUT2D eigenvalue weighted by atomic mass is 10.1. The number of carbonyl (C=O) groups excluding carboxylic acids is 3. The summed E-state index contributed by atoms with van der Waals surface area (Å²) in [5.41, 5.74) is 1.87. The summed E-state index contributed by atoms with van der Waals surface area (Å²) in [6.07, 6.45) is 1.53. The van der Waals surface area contributed by atoms with Crippen LogP contribution in [-0.4, -0.2) is 30.9 Å². The highest BCUT2D eigenvalue weighted by Gasteiger charge is 2.24. The van der Waals surface area contributed by atoms with Crippen molar-refractivity contribution in [2.45, 2.75) is 6.92 Å². The summed E-state index contributed by atoms with van der Waals surface area (Å²) in [6, 6.07) is 15.1. The van der Waals surface area contributed by atoms with Crippen molar-refractivity contribution in [3.05, 3.63) is 81.7 Å². The van der Waals surface area contributed by atoms with Gasteiger partial charge in [0.25, 0.3) is 0 Å². The van der Waals surface area contributed by atoms with Crippen molar-refractivity contribution in [2.24, 2.45) is 4.99 Å². The second-order valence-corrected chi connectivity index (χ2v) is 7.82. The van der Waals surface area contributed by atoms with Crippen LogP contribution in [0.15, 0.2) is 70.7 Å². The zero-order chi connectivity index (χ0) is 23.4. The molecule has 0 fully saturated rings. The number of esters is 2. The van der Waals surface area contributed by atoms with Crippen molar-refractivity contribution in [1.82, 2.24) is 0 Å². The minimum Gasteiger partial charge on any atom is -0.493 e. The van der Waals surface area contributed by atoms with E-state index in [1.54, 1.807) is 60.0 Å². The van der Waals surface area contributed by atoms with Crippen molar-refractivity contribution in [1.29, 1.82) is 0 Å². The van der Waals surface area contributed by atoms with Gasteiger partial charge in [0.15, 0.2) is 17.2 Å². The number of nitrogens with zero attached hydrogens (tertiary/aromatic N) is 1. The molecule has 0 spiro atoms. The Labute approximate surface area is 193 Å². The first-order valence-electron chi connectivity index (χ1n) is 9.77. The Morgan fingerprint density at radius 2 is 1.88 bits per heavy atom. The molecule has 33 heavy (non-hydrogen) atoms. The van der Waals surface area contributed by atoms with E-state index in [2.05, 4.69) is 10.3 Å². The average molecular weight is 462 g/mol. The highest BCUT2D eigenvalue weighted by molar-refractivity contribution is 7.12. The third-order valence-corrected chi connectivity index (χ3v) is 5.34. The highest BCUT2D eigenvalue weighted by Crippen LogP contribution is 2.31. The molecule has 2 aromatic carbocycles. The van der Waals surface area contributed by atoms with E-state index < -0.39 is 11.9 Å². The van der Waals surface area contributed by atoms with Crippen LogP contribution in [0.1, 0.15) is 27.7 Å². The second kappa shape index (κ2) is 9.49. The maximum atomic E-state index is 12.3. The molecule has 0 saturated heterocycles. The normalized spacial score (nSPS) is 13.9. The van der Waals surface area contributed by atoms with E-state index in [-0.39, 0.29) is 23.3 Å². The van der Waals surface area contributed by atoms with Gasteiger partial charge in [0.05, 0.1) is 7.11 Å². The summed E-state index contributed by atoms with van der Waals surface area (Å²) >= 11 is 1.27. The number of rotatable bonds is 6. The van der Waals surface area contributed by atoms with Crippen molar-refractivity contribution in [3.63, 3.8) is 0 Å². The fourth-order valence-electron chi connectivity index (χ4n) is 3.00. The Hall–Kier alpha value is -4.24. The molecule has 2 heterocycles. The smallest absolute Gasteiger partial charge is 0.363 e. The lowest BCUT2D eigenvalue weighted by Crippen LogP contribution is -2.08. The van der Waals surface area contributed by atoms with E-state index in [1.165, 1.54) is 31.4 Å². The summed E-state index contributed by atoms with van der Waals surface area (Å²) in [5, 5.41) is 4.45. The van der Waals surface area contributed by atoms with E-state index in [0.717, 1.165) is 0 Å². The number of hydrogen-bond donors (Lipinski definition) is 1. The molecule has 3 aromatic rings. The van der Waals surface area contributed by atoms with Gasteiger partial charge in [-0.05, 0) is 59.5 Å². The molecule has 0 unspecified atom stereocenters. The van der Waals surface area contributed by atoms with Crippen molar-refractivity contribution < 1.29 is 28.6 Å². The van der Waals surface area contributed by atoms with Crippen LogP contribution in [0.3, 0.4) is 0 Å². The minimum atomic E-state index is -0.608. The Bertz CT molecular complexity index is 1280. The first-order chi connectivity index (χ1) is 15.9. The summed E-state index contributed by atoms with van der Waals surface area (Å²) in [6.45, 7) is 1.42. The lowest BCUT2D eigenvalue weighted by Gasteiger charge is -2.09. The monoisotopic (exact) mass is 462 g/mol. The molecule has 1 aliphatic rings. The van der Waals surface area contributed by atoms with E-state index in [4.69, 9.17) is 14.2 Å². The Morgan fingerprint density at radius 1 is 1.09 bits per heavy atom. The number of thiophene rings is 1. The van der Waals surface area contributed by atoms with Crippen molar-refractivity contribution in [3.8, 4) is 11.5 Å². The molecular formula is C24H18N2O6S. The molecule has 0 bridgehead atoms. The zero-order valence-corrected chi connectivity index (χ0v) is 18.5. The molecular weight excluding hydrogens is 444 g/mol. The third-order valence-electron chi connectivity index (χ3n) is 4.49. The van der Waals surface area contributed by atoms with Crippen LogP contribution in [0.4, 0.5) is 5.69 Å². The topological polar surface area (TPSA) is 103 Å². The van der Waals surface area contributed by atoms with Gasteiger partial charge >= 0.3 is 11.9 Å². The molecule has 1 aliphatic heterocycles. The van der Waals surface area contributed by atoms with E-state index in [0.29, 0.717) is 27.4 Å². The Balaban J connectivity index is 1.57. The number of carbonyl (C=O) groups is 3. The van der Waals surface area contributed by atoms with Crippen LogP contribution in [0, 0.1) is 0 Å². The fourth-order valence-corrected chi connectivity index (χ4v) is 3.60. The van der Waals surface area contributed by atoms with Crippen LogP contribution in [-0.2, 0) is 14.3 Å². The summed E-state index contributed by atoms with van der Waals surface area (Å²) in [7, 11) is 1.47. The summed E-state index contributed by atoms with van der Waals surface area (Å²) in [4.78, 5) is 40.6. The van der Waals surface area contributed by atoms with Crippen molar-refractivity contribution >= 4 is 46.8 Å². The van der Waals surface area contributed by atoms with Gasteiger partial charge in [0, 0.05) is 18.2 Å². The van der Waals surface area contributed by atoms with Gasteiger partial charge in [-0.25, -0.2) is 14.6 Å². The zero-order valence-electron chi connectivity index (χ0n) is 17.7. The number of nitrogens with one attached hydrogen (secondary N) is 1. The molecule has 0 saturated carbocycles. The number of cyclic esters (lactones) is 1. The molecule has 1 N–H and O–H groups in total. The molecule has 1 aromatic heterocycles. The van der Waals surface area contributed by atoms with Gasteiger partial charge < -0.3 is 19.5 Å². The molecule has 0 radical (unpaired) electrons. The van der Waals surface area contributed by atoms with Crippen LogP contribution < -0.4 is 14.8 Å². The van der Waals surface area contributed by atoms with Crippen LogP contribution in [0.5, 0.6) is 11.5 Å². The van der Waals surface area contributed by atoms with Gasteiger partial charge in [-0.1, -0.05) is 12.1 Å². The van der Waals surface area contributed by atoms with Gasteiger partial charge in [-0.15, -0.1) is 11.3 Å². The molecule has 9 heteroatoms. The predicted molar refractivity (Wildman–Crippen MR) is 124 cm³/mol. The summed E-state index contributed by atoms with van der Waals surface area (Å²) in [5.74, 6) is -0.551. The SMILES string of the molecule is COc1ccc(/C=C2/N=C(c3ccc(NC(C)=O)cc3)OC2=O)cc1OC(=O)c1cccs1. The number of ether oxygens (including phenoxy) is 3. The quantitative estimate of drug-likeness (QED) is 0.333. The van der Waals surface area contributed by atoms with Crippen LogP contribution in [0.2, 0.25) is 0 Å².